The molecule has 1 aliphatic rings. The van der Waals surface area contributed by atoms with Gasteiger partial charge in [-0.1, -0.05) is 20.8 Å². The fourth-order valence-corrected chi connectivity index (χ4v) is 2.09. The molecule has 0 saturated heterocycles. The first-order chi connectivity index (χ1) is 8.54. The summed E-state index contributed by atoms with van der Waals surface area (Å²) in [5.74, 6) is 1.47. The maximum absolute atomic E-state index is 9.71. The van der Waals surface area contributed by atoms with Crippen molar-refractivity contribution in [1.82, 2.24) is 9.97 Å². The highest BCUT2D eigenvalue weighted by Gasteiger charge is 2.47. The first kappa shape index (κ1) is 13.1. The van der Waals surface area contributed by atoms with Gasteiger partial charge >= 0.3 is 0 Å². The van der Waals surface area contributed by atoms with Crippen molar-refractivity contribution in [3.8, 4) is 0 Å². The molecule has 1 aliphatic carbocycles. The van der Waals surface area contributed by atoms with Gasteiger partial charge in [0, 0.05) is 24.2 Å². The van der Waals surface area contributed by atoms with Gasteiger partial charge in [0.1, 0.15) is 5.82 Å². The molecule has 0 bridgehead atoms. The molecular weight excluding hydrogens is 228 g/mol. The minimum absolute atomic E-state index is 0.0953. The lowest BCUT2D eigenvalue weighted by molar-refractivity contribution is -0.0511. The summed E-state index contributed by atoms with van der Waals surface area (Å²) >= 11 is 0. The van der Waals surface area contributed by atoms with Gasteiger partial charge in [-0.2, -0.15) is 4.98 Å². The Morgan fingerprint density at radius 1 is 1.50 bits per heavy atom. The molecule has 0 aliphatic heterocycles. The second-order valence-corrected chi connectivity index (χ2v) is 5.46. The van der Waals surface area contributed by atoms with Gasteiger partial charge in [-0.15, -0.1) is 0 Å². The van der Waals surface area contributed by atoms with Gasteiger partial charge in [-0.25, -0.2) is 4.98 Å². The summed E-state index contributed by atoms with van der Waals surface area (Å²) < 4.78 is 0. The lowest BCUT2D eigenvalue weighted by Crippen LogP contribution is -2.57. The van der Waals surface area contributed by atoms with E-state index in [1.807, 2.05) is 6.07 Å². The van der Waals surface area contributed by atoms with E-state index in [4.69, 9.17) is 0 Å². The molecule has 1 aromatic rings. The number of nitrogens with one attached hydrogen (secondary N) is 2. The topological polar surface area (TPSA) is 70.1 Å². The van der Waals surface area contributed by atoms with E-state index >= 15 is 0 Å². The molecular formula is C13H22N4O. The number of aromatic nitrogens is 2. The summed E-state index contributed by atoms with van der Waals surface area (Å²) in [5.41, 5.74) is -0.0953. The molecule has 0 aromatic carbocycles. The number of rotatable bonds is 5. The van der Waals surface area contributed by atoms with Crippen molar-refractivity contribution in [3.05, 3.63) is 12.3 Å². The molecule has 0 amide bonds. The Morgan fingerprint density at radius 2 is 2.28 bits per heavy atom. The van der Waals surface area contributed by atoms with E-state index in [0.717, 1.165) is 25.2 Å². The first-order valence-electron chi connectivity index (χ1n) is 6.55. The Balaban J connectivity index is 1.98. The third kappa shape index (κ3) is 2.56. The summed E-state index contributed by atoms with van der Waals surface area (Å²) in [6.45, 7) is 7.11. The van der Waals surface area contributed by atoms with E-state index in [1.165, 1.54) is 0 Å². The van der Waals surface area contributed by atoms with Gasteiger partial charge in [-0.05, 0) is 18.9 Å². The van der Waals surface area contributed by atoms with Crippen LogP contribution in [0.25, 0.3) is 0 Å². The van der Waals surface area contributed by atoms with Crippen LogP contribution < -0.4 is 10.6 Å². The molecule has 1 heterocycles. The van der Waals surface area contributed by atoms with E-state index in [2.05, 4.69) is 41.4 Å². The van der Waals surface area contributed by atoms with Crippen molar-refractivity contribution >= 4 is 11.8 Å². The predicted molar refractivity (Wildman–Crippen MR) is 72.6 cm³/mol. The Kier molecular flexibility index (Phi) is 3.71. The van der Waals surface area contributed by atoms with Crippen molar-refractivity contribution in [2.24, 2.45) is 5.41 Å². The molecule has 1 saturated carbocycles. The number of hydrogen-bond acceptors (Lipinski definition) is 5. The van der Waals surface area contributed by atoms with Crippen LogP contribution in [0.4, 0.5) is 11.8 Å². The van der Waals surface area contributed by atoms with Crippen LogP contribution in [-0.2, 0) is 0 Å². The fraction of sp³-hybridized carbons (Fsp3) is 0.692. The number of hydrogen-bond donors (Lipinski definition) is 3. The highest BCUT2D eigenvalue weighted by molar-refractivity contribution is 5.41. The molecule has 2 atom stereocenters. The Hall–Kier alpha value is -1.36. The van der Waals surface area contributed by atoms with Crippen LogP contribution in [0.5, 0.6) is 0 Å². The third-order valence-electron chi connectivity index (χ3n) is 3.73. The van der Waals surface area contributed by atoms with Crippen LogP contribution in [0.15, 0.2) is 12.3 Å². The highest BCUT2D eigenvalue weighted by Crippen LogP contribution is 2.41. The second-order valence-electron chi connectivity index (χ2n) is 5.46. The van der Waals surface area contributed by atoms with Crippen LogP contribution in [0.3, 0.4) is 0 Å². The zero-order valence-corrected chi connectivity index (χ0v) is 11.3. The van der Waals surface area contributed by atoms with E-state index in [0.29, 0.717) is 5.95 Å². The quantitative estimate of drug-likeness (QED) is 0.744. The van der Waals surface area contributed by atoms with Crippen molar-refractivity contribution in [3.63, 3.8) is 0 Å². The summed E-state index contributed by atoms with van der Waals surface area (Å²) in [6, 6.07) is 2.12. The number of aliphatic hydroxyl groups is 1. The lowest BCUT2D eigenvalue weighted by atomic mass is 9.64. The molecule has 0 radical (unpaired) electrons. The largest absolute Gasteiger partial charge is 0.392 e. The molecule has 1 fully saturated rings. The van der Waals surface area contributed by atoms with Crippen molar-refractivity contribution in [2.75, 3.05) is 17.2 Å². The normalized spacial score (nSPS) is 25.3. The number of anilines is 2. The van der Waals surface area contributed by atoms with E-state index in [9.17, 15) is 5.11 Å². The third-order valence-corrected chi connectivity index (χ3v) is 3.73. The smallest absolute Gasteiger partial charge is 0.224 e. The molecule has 2 rings (SSSR count). The molecule has 100 valence electrons. The van der Waals surface area contributed by atoms with Crippen molar-refractivity contribution in [2.45, 2.75) is 45.8 Å². The lowest BCUT2D eigenvalue weighted by Gasteiger charge is -2.49. The van der Waals surface area contributed by atoms with Gasteiger partial charge in [-0.3, -0.25) is 0 Å². The molecule has 2 unspecified atom stereocenters. The van der Waals surface area contributed by atoms with Crippen LogP contribution in [0.1, 0.15) is 33.6 Å². The van der Waals surface area contributed by atoms with Crippen molar-refractivity contribution < 1.29 is 5.11 Å². The van der Waals surface area contributed by atoms with Gasteiger partial charge in [0.2, 0.25) is 5.95 Å². The van der Waals surface area contributed by atoms with Crippen LogP contribution in [0, 0.1) is 5.41 Å². The Labute approximate surface area is 108 Å². The molecule has 5 heteroatoms. The van der Waals surface area contributed by atoms with Gasteiger partial charge in [0.15, 0.2) is 0 Å². The molecule has 5 nitrogen and oxygen atoms in total. The summed E-state index contributed by atoms with van der Waals surface area (Å²) in [4.78, 5) is 8.58. The average molecular weight is 250 g/mol. The fourth-order valence-electron chi connectivity index (χ4n) is 2.09. The maximum Gasteiger partial charge on any atom is 0.224 e. The van der Waals surface area contributed by atoms with E-state index < -0.39 is 0 Å². The molecule has 18 heavy (non-hydrogen) atoms. The number of aliphatic hydroxyl groups excluding tert-OH is 1. The highest BCUT2D eigenvalue weighted by atomic mass is 16.3. The van der Waals surface area contributed by atoms with E-state index in [1.54, 1.807) is 6.20 Å². The maximum atomic E-state index is 9.71. The molecule has 0 spiro atoms. The summed E-state index contributed by atoms with van der Waals surface area (Å²) in [6.07, 6.45) is 3.34. The molecule has 3 N–H and O–H groups in total. The average Bonchev–Trinajstić information content (AvgIpc) is 2.36. The zero-order valence-electron chi connectivity index (χ0n) is 11.3. The minimum Gasteiger partial charge on any atom is -0.392 e. The Bertz CT molecular complexity index is 408. The summed E-state index contributed by atoms with van der Waals surface area (Å²) in [7, 11) is 0. The first-order valence-corrected chi connectivity index (χ1v) is 6.55. The minimum atomic E-state index is -0.227. The standard InChI is InChI=1S/C13H22N4O/c1-4-6-14-12-15-7-5-11(17-12)16-9-8-10(18)13(9,2)3/h5,7,9-10,18H,4,6,8H2,1-3H3,(H2,14,15,16,17). The predicted octanol–water partition coefficient (Wildman–Crippen LogP) is 1.87. The van der Waals surface area contributed by atoms with Crippen LogP contribution in [0.2, 0.25) is 0 Å². The monoisotopic (exact) mass is 250 g/mol. The van der Waals surface area contributed by atoms with Gasteiger partial charge in [0.25, 0.3) is 0 Å². The SMILES string of the molecule is CCCNc1nccc(NC2CC(O)C2(C)C)n1. The number of nitrogens with zero attached hydrogens (tertiary/aromatic N) is 2. The second kappa shape index (κ2) is 5.10. The van der Waals surface area contributed by atoms with Crippen LogP contribution in [-0.4, -0.2) is 33.8 Å². The zero-order chi connectivity index (χ0) is 13.2. The van der Waals surface area contributed by atoms with Gasteiger partial charge < -0.3 is 15.7 Å². The van der Waals surface area contributed by atoms with Crippen molar-refractivity contribution in [1.29, 1.82) is 0 Å². The van der Waals surface area contributed by atoms with E-state index in [-0.39, 0.29) is 17.6 Å². The van der Waals surface area contributed by atoms with Gasteiger partial charge in [0.05, 0.1) is 6.10 Å². The molecule has 1 aromatic heterocycles. The summed E-state index contributed by atoms with van der Waals surface area (Å²) in [5, 5.41) is 16.2. The van der Waals surface area contributed by atoms with Crippen LogP contribution >= 0.6 is 0 Å². The Morgan fingerprint density at radius 3 is 2.89 bits per heavy atom.